The van der Waals surface area contributed by atoms with Gasteiger partial charge in [0.25, 0.3) is 0 Å². The molecule has 0 bridgehead atoms. The first-order valence-corrected chi connectivity index (χ1v) is 5.11. The summed E-state index contributed by atoms with van der Waals surface area (Å²) >= 11 is 0. The van der Waals surface area contributed by atoms with Gasteiger partial charge in [-0.2, -0.15) is 0 Å². The molecule has 0 saturated heterocycles. The maximum absolute atomic E-state index is 10.8. The lowest BCUT2D eigenvalue weighted by Crippen LogP contribution is -2.22. The average Bonchev–Trinajstić information content (AvgIpc) is 2.16. The molecule has 78 valence electrons. The molecule has 0 heterocycles. The normalized spacial score (nSPS) is 20.0. The third-order valence-corrected chi connectivity index (χ3v) is 2.62. The lowest BCUT2D eigenvalue weighted by Gasteiger charge is -2.17. The molecule has 0 fully saturated rings. The highest BCUT2D eigenvalue weighted by Gasteiger charge is 2.25. The second-order valence-electron chi connectivity index (χ2n) is 4.47. The Morgan fingerprint density at radius 2 is 2.36 bits per heavy atom. The van der Waals surface area contributed by atoms with Gasteiger partial charge in [0.15, 0.2) is 0 Å². The number of aliphatic carboxylic acids is 1. The molecule has 0 saturated carbocycles. The molecule has 0 aromatic heterocycles. The Morgan fingerprint density at radius 3 is 2.86 bits per heavy atom. The van der Waals surface area contributed by atoms with Crippen molar-refractivity contribution < 1.29 is 9.90 Å². The first-order valence-electron chi connectivity index (χ1n) is 5.11. The molecule has 0 aromatic carbocycles. The van der Waals surface area contributed by atoms with Gasteiger partial charge in [-0.25, -0.2) is 0 Å². The number of rotatable bonds is 3. The van der Waals surface area contributed by atoms with Crippen LogP contribution in [0.15, 0.2) is 23.8 Å². The average molecular weight is 194 g/mol. The van der Waals surface area contributed by atoms with Crippen LogP contribution in [-0.4, -0.2) is 11.1 Å². The molecule has 0 unspecified atom stereocenters. The molecule has 2 nitrogen and oxygen atoms in total. The molecule has 0 spiro atoms. The third-order valence-electron chi connectivity index (χ3n) is 2.62. The van der Waals surface area contributed by atoms with Gasteiger partial charge in [-0.05, 0) is 39.5 Å². The van der Waals surface area contributed by atoms with Crippen molar-refractivity contribution in [1.82, 2.24) is 0 Å². The molecule has 14 heavy (non-hydrogen) atoms. The quantitative estimate of drug-likeness (QED) is 0.749. The summed E-state index contributed by atoms with van der Waals surface area (Å²) in [7, 11) is 0. The minimum Gasteiger partial charge on any atom is -0.481 e. The summed E-state index contributed by atoms with van der Waals surface area (Å²) < 4.78 is 0. The van der Waals surface area contributed by atoms with Gasteiger partial charge in [-0.1, -0.05) is 23.8 Å². The van der Waals surface area contributed by atoms with Crippen LogP contribution in [0.5, 0.6) is 0 Å². The number of hydrogen-bond donors (Lipinski definition) is 1. The maximum atomic E-state index is 10.8. The van der Waals surface area contributed by atoms with Crippen LogP contribution in [0.4, 0.5) is 0 Å². The number of carbonyl (C=O) groups is 1. The Bertz CT molecular complexity index is 272. The van der Waals surface area contributed by atoms with E-state index in [-0.39, 0.29) is 0 Å². The predicted octanol–water partition coefficient (Wildman–Crippen LogP) is 3.15. The van der Waals surface area contributed by atoms with Crippen molar-refractivity contribution in [3.8, 4) is 0 Å². The maximum Gasteiger partial charge on any atom is 0.309 e. The van der Waals surface area contributed by atoms with Crippen LogP contribution < -0.4 is 0 Å². The summed E-state index contributed by atoms with van der Waals surface area (Å²) in [5.41, 5.74) is 0.642. The molecule has 2 heteroatoms. The highest BCUT2D eigenvalue weighted by molar-refractivity contribution is 5.73. The van der Waals surface area contributed by atoms with Gasteiger partial charge in [0.1, 0.15) is 0 Å². The summed E-state index contributed by atoms with van der Waals surface area (Å²) in [6, 6.07) is 0. The second kappa shape index (κ2) is 4.45. The van der Waals surface area contributed by atoms with Gasteiger partial charge < -0.3 is 5.11 Å². The van der Waals surface area contributed by atoms with Crippen LogP contribution in [-0.2, 0) is 4.79 Å². The number of hydrogen-bond acceptors (Lipinski definition) is 1. The molecule has 0 radical (unpaired) electrons. The minimum atomic E-state index is -0.728. The van der Waals surface area contributed by atoms with E-state index in [1.165, 1.54) is 12.0 Å². The topological polar surface area (TPSA) is 37.3 Å². The van der Waals surface area contributed by atoms with Crippen molar-refractivity contribution >= 4 is 5.97 Å². The van der Waals surface area contributed by atoms with E-state index in [9.17, 15) is 4.79 Å². The summed E-state index contributed by atoms with van der Waals surface area (Å²) in [6.07, 6.45) is 10.4. The fourth-order valence-corrected chi connectivity index (χ4v) is 1.39. The molecule has 0 aromatic rings. The van der Waals surface area contributed by atoms with Crippen LogP contribution >= 0.6 is 0 Å². The van der Waals surface area contributed by atoms with Crippen LogP contribution in [0.1, 0.15) is 39.5 Å². The molecule has 1 rings (SSSR count). The highest BCUT2D eigenvalue weighted by Crippen LogP contribution is 2.24. The van der Waals surface area contributed by atoms with Crippen molar-refractivity contribution in [2.24, 2.45) is 5.41 Å². The Morgan fingerprint density at radius 1 is 1.64 bits per heavy atom. The van der Waals surface area contributed by atoms with Crippen LogP contribution in [0, 0.1) is 5.41 Å². The predicted molar refractivity (Wildman–Crippen MR) is 57.1 cm³/mol. The lowest BCUT2D eigenvalue weighted by molar-refractivity contribution is -0.146. The smallest absolute Gasteiger partial charge is 0.309 e. The summed E-state index contributed by atoms with van der Waals surface area (Å²) in [5.74, 6) is -0.728. The van der Waals surface area contributed by atoms with Gasteiger partial charge in [-0.15, -0.1) is 0 Å². The summed E-state index contributed by atoms with van der Waals surface area (Å²) in [4.78, 5) is 10.8. The van der Waals surface area contributed by atoms with E-state index in [0.717, 1.165) is 12.8 Å². The molecule has 1 aliphatic rings. The van der Waals surface area contributed by atoms with Crippen molar-refractivity contribution in [2.45, 2.75) is 39.5 Å². The standard InChI is InChI=1S/C12H18O2/c1-12(2,11(13)14)9-8-10-6-4-3-5-7-10/h4,6,8H,3,5,7,9H2,1-2H3,(H,13,14)/b10-8-. The first-order chi connectivity index (χ1) is 6.52. The zero-order chi connectivity index (χ0) is 10.6. The van der Waals surface area contributed by atoms with Gasteiger partial charge >= 0.3 is 5.97 Å². The molecule has 1 N–H and O–H groups in total. The summed E-state index contributed by atoms with van der Waals surface area (Å²) in [5, 5.41) is 8.92. The largest absolute Gasteiger partial charge is 0.481 e. The highest BCUT2D eigenvalue weighted by atomic mass is 16.4. The fourth-order valence-electron chi connectivity index (χ4n) is 1.39. The Balaban J connectivity index is 2.57. The summed E-state index contributed by atoms with van der Waals surface area (Å²) in [6.45, 7) is 3.53. The molecule has 0 amide bonds. The lowest BCUT2D eigenvalue weighted by atomic mass is 9.87. The number of allylic oxidation sites excluding steroid dienone is 4. The SMILES string of the molecule is CC(C)(C/C=C1/C=CCCC1)C(=O)O. The van der Waals surface area contributed by atoms with E-state index in [1.807, 2.05) is 0 Å². The number of carboxylic acids is 1. The van der Waals surface area contributed by atoms with E-state index in [1.54, 1.807) is 13.8 Å². The minimum absolute atomic E-state index is 0.613. The van der Waals surface area contributed by atoms with Crippen molar-refractivity contribution in [3.63, 3.8) is 0 Å². The zero-order valence-corrected chi connectivity index (χ0v) is 8.92. The van der Waals surface area contributed by atoms with Gasteiger partial charge in [0, 0.05) is 0 Å². The fraction of sp³-hybridized carbons (Fsp3) is 0.583. The third kappa shape index (κ3) is 3.02. The van der Waals surface area contributed by atoms with Crippen LogP contribution in [0.3, 0.4) is 0 Å². The zero-order valence-electron chi connectivity index (χ0n) is 8.92. The Kier molecular flexibility index (Phi) is 3.50. The Hall–Kier alpha value is -1.05. The van der Waals surface area contributed by atoms with E-state index in [2.05, 4.69) is 18.2 Å². The van der Waals surface area contributed by atoms with Crippen molar-refractivity contribution in [3.05, 3.63) is 23.8 Å². The van der Waals surface area contributed by atoms with E-state index < -0.39 is 11.4 Å². The van der Waals surface area contributed by atoms with Gasteiger partial charge in [-0.3, -0.25) is 4.79 Å². The van der Waals surface area contributed by atoms with E-state index in [0.29, 0.717) is 6.42 Å². The number of carboxylic acid groups (broad SMARTS) is 1. The van der Waals surface area contributed by atoms with Gasteiger partial charge in [0.05, 0.1) is 5.41 Å². The molecule has 1 aliphatic carbocycles. The molecular formula is C12H18O2. The first kappa shape index (κ1) is 11.0. The van der Waals surface area contributed by atoms with Gasteiger partial charge in [0.2, 0.25) is 0 Å². The molecule has 0 aliphatic heterocycles. The van der Waals surface area contributed by atoms with Crippen LogP contribution in [0.2, 0.25) is 0 Å². The van der Waals surface area contributed by atoms with Crippen molar-refractivity contribution in [2.75, 3.05) is 0 Å². The molecule has 0 atom stereocenters. The van der Waals surface area contributed by atoms with E-state index in [4.69, 9.17) is 5.11 Å². The molecular weight excluding hydrogens is 176 g/mol. The second-order valence-corrected chi connectivity index (χ2v) is 4.47. The van der Waals surface area contributed by atoms with Crippen molar-refractivity contribution in [1.29, 1.82) is 0 Å². The van der Waals surface area contributed by atoms with E-state index >= 15 is 0 Å². The monoisotopic (exact) mass is 194 g/mol. The Labute approximate surface area is 85.3 Å². The van der Waals surface area contributed by atoms with Crippen LogP contribution in [0.25, 0.3) is 0 Å².